The van der Waals surface area contributed by atoms with Gasteiger partial charge in [-0.2, -0.15) is 40.1 Å². The normalized spacial score (nSPS) is 11.7. The molecule has 0 saturated heterocycles. The van der Waals surface area contributed by atoms with Gasteiger partial charge in [0.1, 0.15) is 23.1 Å². The van der Waals surface area contributed by atoms with E-state index < -0.39 is 30.7 Å². The number of halogens is 12. The van der Waals surface area contributed by atoms with Crippen LogP contribution in [0.3, 0.4) is 0 Å². The van der Waals surface area contributed by atoms with Gasteiger partial charge >= 0.3 is 19.1 Å². The van der Waals surface area contributed by atoms with Crippen LogP contribution in [0.5, 0.6) is 17.2 Å². The summed E-state index contributed by atoms with van der Waals surface area (Å²) in [5, 5.41) is 15.0. The molecule has 0 spiro atoms. The molecule has 0 unspecified atom stereocenters. The fraction of sp³-hybridized carbons (Fsp3) is 0.0638. The van der Waals surface area contributed by atoms with Crippen LogP contribution in [-0.2, 0) is 0 Å². The number of ether oxygens (including phenoxy) is 3. The van der Waals surface area contributed by atoms with Crippen LogP contribution in [0, 0.1) is 5.82 Å². The van der Waals surface area contributed by atoms with Gasteiger partial charge in [0.15, 0.2) is 11.6 Å². The molecule has 0 aliphatic carbocycles. The van der Waals surface area contributed by atoms with Gasteiger partial charge in [0.25, 0.3) is 0 Å². The van der Waals surface area contributed by atoms with Crippen molar-refractivity contribution in [2.45, 2.75) is 19.1 Å². The van der Waals surface area contributed by atoms with Gasteiger partial charge in [-0.1, -0.05) is 35.3 Å². The van der Waals surface area contributed by atoms with Gasteiger partial charge in [0.2, 0.25) is 23.8 Å². The molecule has 8 aromatic rings. The van der Waals surface area contributed by atoms with Crippen LogP contribution >= 0.6 is 23.2 Å². The summed E-state index contributed by atoms with van der Waals surface area (Å²) < 4.78 is 137. The van der Waals surface area contributed by atoms with E-state index in [0.29, 0.717) is 43.7 Å². The summed E-state index contributed by atoms with van der Waals surface area (Å²) >= 11 is 11.8. The minimum absolute atomic E-state index is 0.0413. The number of hydrogen-bond acceptors (Lipinski definition) is 15. The van der Waals surface area contributed by atoms with Gasteiger partial charge in [-0.05, 0) is 145 Å². The molecule has 15 nitrogen and oxygen atoms in total. The minimum Gasteiger partial charge on any atom is -0.406 e. The van der Waals surface area contributed by atoms with E-state index in [1.165, 1.54) is 67.0 Å². The molecular weight excluding hydrogens is 1040 g/mol. The summed E-state index contributed by atoms with van der Waals surface area (Å²) in [5.74, 6) is -1.11. The lowest BCUT2D eigenvalue weighted by Gasteiger charge is -2.11. The maximum Gasteiger partial charge on any atom is 0.573 e. The first-order valence-corrected chi connectivity index (χ1v) is 21.4. The average molecular weight is 1070 g/mol. The summed E-state index contributed by atoms with van der Waals surface area (Å²) in [6, 6.07) is 34.1. The Morgan fingerprint density at radius 2 is 0.784 bits per heavy atom. The van der Waals surface area contributed by atoms with Crippen molar-refractivity contribution < 1.29 is 58.1 Å². The molecule has 0 aliphatic rings. The molecule has 0 saturated carbocycles. The fourth-order valence-corrected chi connectivity index (χ4v) is 6.07. The number of anilines is 6. The Morgan fingerprint density at radius 1 is 0.419 bits per heavy atom. The quantitative estimate of drug-likeness (QED) is 0.0433. The average Bonchev–Trinajstić information content (AvgIpc) is 3.33. The van der Waals surface area contributed by atoms with Crippen LogP contribution in [-0.4, -0.2) is 61.4 Å². The Hall–Kier alpha value is -8.84. The Labute approximate surface area is 421 Å². The van der Waals surface area contributed by atoms with E-state index in [4.69, 9.17) is 23.2 Å². The van der Waals surface area contributed by atoms with E-state index in [-0.39, 0.29) is 46.9 Å². The summed E-state index contributed by atoms with van der Waals surface area (Å²) in [5.41, 5.74) is 8.17. The van der Waals surface area contributed by atoms with E-state index in [0.717, 1.165) is 36.4 Å². The molecule has 0 amide bonds. The highest BCUT2D eigenvalue weighted by Gasteiger charge is 2.32. The second-order valence-corrected chi connectivity index (χ2v) is 15.3. The van der Waals surface area contributed by atoms with E-state index in [9.17, 15) is 43.9 Å². The van der Waals surface area contributed by atoms with E-state index in [2.05, 4.69) is 75.8 Å². The van der Waals surface area contributed by atoms with Crippen molar-refractivity contribution in [3.8, 4) is 40.0 Å². The van der Waals surface area contributed by atoms with Crippen LogP contribution in [0.25, 0.3) is 22.8 Å². The lowest BCUT2D eigenvalue weighted by atomic mass is 10.2. The molecule has 0 atom stereocenters. The first kappa shape index (κ1) is 53.0. The number of nitrogens with one attached hydrogen (secondary N) is 4. The maximum absolute atomic E-state index is 13.7. The third-order valence-corrected chi connectivity index (χ3v) is 9.39. The molecule has 8 rings (SSSR count). The standard InChI is InChI=1S/C24H15ClF6N6O2.C23H15ClF4N6O/c25-16-5-7-17(8-6-16)33-21-34-20(15-3-11-19(12-4-15)39-24(29,30)31)35-22(36-21)37-32-13-14-1-9-18(10-2-14)38-23(26,27)28;24-16-6-8-18(9-7-16)30-21-31-20(15-2-1-3-17(25)12-15)32-22(33-21)34-29-13-14-4-10-19(11-5-14)35-23(26,27)28/h1-13H,(H2,33,34,35,36,37);1-13H,(H2,30,31,32,33,34)/b32-13-;29-13-. The zero-order valence-corrected chi connectivity index (χ0v) is 38.4. The van der Waals surface area contributed by atoms with Gasteiger partial charge in [-0.25, -0.2) is 15.2 Å². The van der Waals surface area contributed by atoms with Gasteiger partial charge in [-0.3, -0.25) is 0 Å². The monoisotopic (exact) mass is 1070 g/mol. The number of aromatic nitrogens is 6. The van der Waals surface area contributed by atoms with Crippen LogP contribution in [0.2, 0.25) is 10.0 Å². The number of rotatable bonds is 15. The topological polar surface area (TPSA) is 178 Å². The number of benzene rings is 6. The first-order valence-electron chi connectivity index (χ1n) is 20.6. The second kappa shape index (κ2) is 23.6. The van der Waals surface area contributed by atoms with Crippen molar-refractivity contribution in [2.75, 3.05) is 21.5 Å². The zero-order chi connectivity index (χ0) is 52.9. The Balaban J connectivity index is 0.000000217. The van der Waals surface area contributed by atoms with Crippen LogP contribution in [0.4, 0.5) is 79.1 Å². The molecular formula is C47H30Cl2F10N12O3. The number of nitrogens with zero attached hydrogens (tertiary/aromatic N) is 8. The molecule has 380 valence electrons. The predicted molar refractivity (Wildman–Crippen MR) is 255 cm³/mol. The largest absolute Gasteiger partial charge is 0.573 e. The molecule has 0 aliphatic heterocycles. The molecule has 27 heteroatoms. The SMILES string of the molecule is FC(F)(F)Oc1ccc(/C=N\Nc2nc(Nc3ccc(Cl)cc3)nc(-c3ccc(OC(F)(F)F)cc3)n2)cc1.Fc1cccc(-c2nc(N/N=C\c3ccc(OC(F)(F)F)cc3)nc(Nc3ccc(Cl)cc3)n2)c1. The summed E-state index contributed by atoms with van der Waals surface area (Å²) in [6.45, 7) is 0. The highest BCUT2D eigenvalue weighted by Crippen LogP contribution is 2.29. The molecule has 2 heterocycles. The van der Waals surface area contributed by atoms with Gasteiger partial charge in [-0.15, -0.1) is 39.5 Å². The summed E-state index contributed by atoms with van der Waals surface area (Å²) in [7, 11) is 0. The van der Waals surface area contributed by atoms with Crippen molar-refractivity contribution in [3.05, 3.63) is 173 Å². The first-order chi connectivity index (χ1) is 35.1. The van der Waals surface area contributed by atoms with Crippen LogP contribution in [0.1, 0.15) is 11.1 Å². The zero-order valence-electron chi connectivity index (χ0n) is 36.8. The summed E-state index contributed by atoms with van der Waals surface area (Å²) in [4.78, 5) is 25.6. The molecule has 6 aromatic carbocycles. The lowest BCUT2D eigenvalue weighted by Crippen LogP contribution is -2.17. The summed E-state index contributed by atoms with van der Waals surface area (Å²) in [6.07, 6.45) is -11.8. The maximum atomic E-state index is 13.7. The van der Waals surface area contributed by atoms with Crippen LogP contribution < -0.4 is 35.7 Å². The number of hydrazone groups is 2. The predicted octanol–water partition coefficient (Wildman–Crippen LogP) is 13.6. The van der Waals surface area contributed by atoms with Crippen molar-refractivity contribution >= 4 is 70.8 Å². The third-order valence-electron chi connectivity index (χ3n) is 8.88. The Kier molecular flexibility index (Phi) is 16.9. The van der Waals surface area contributed by atoms with Gasteiger partial charge in [0.05, 0.1) is 12.4 Å². The smallest absolute Gasteiger partial charge is 0.406 e. The van der Waals surface area contributed by atoms with E-state index in [1.54, 1.807) is 54.6 Å². The molecule has 74 heavy (non-hydrogen) atoms. The molecule has 0 radical (unpaired) electrons. The van der Waals surface area contributed by atoms with Crippen LogP contribution in [0.15, 0.2) is 156 Å². The van der Waals surface area contributed by atoms with Crippen molar-refractivity contribution in [3.63, 3.8) is 0 Å². The highest BCUT2D eigenvalue weighted by atomic mass is 35.5. The third kappa shape index (κ3) is 17.5. The second-order valence-electron chi connectivity index (χ2n) is 14.4. The highest BCUT2D eigenvalue weighted by molar-refractivity contribution is 6.30. The van der Waals surface area contributed by atoms with Gasteiger partial charge < -0.3 is 24.8 Å². The van der Waals surface area contributed by atoms with E-state index >= 15 is 0 Å². The number of alkyl halides is 9. The van der Waals surface area contributed by atoms with Crippen molar-refractivity contribution in [2.24, 2.45) is 10.2 Å². The van der Waals surface area contributed by atoms with Crippen molar-refractivity contribution in [1.82, 2.24) is 29.9 Å². The molecule has 0 bridgehead atoms. The number of hydrogen-bond donors (Lipinski definition) is 4. The van der Waals surface area contributed by atoms with Gasteiger partial charge in [0, 0.05) is 32.5 Å². The Bertz CT molecular complexity index is 3190. The molecule has 2 aromatic heterocycles. The fourth-order valence-electron chi connectivity index (χ4n) is 5.82. The van der Waals surface area contributed by atoms with Crippen molar-refractivity contribution in [1.29, 1.82) is 0 Å². The lowest BCUT2D eigenvalue weighted by molar-refractivity contribution is -0.275. The minimum atomic E-state index is -4.84. The Morgan fingerprint density at radius 3 is 1.16 bits per heavy atom. The molecule has 0 fully saturated rings. The molecule has 4 N–H and O–H groups in total. The van der Waals surface area contributed by atoms with E-state index in [1.807, 2.05) is 0 Å².